The Morgan fingerprint density at radius 3 is 1.85 bits per heavy atom. The van der Waals surface area contributed by atoms with Crippen LogP contribution in [0.5, 0.6) is 0 Å². The van der Waals surface area contributed by atoms with Crippen molar-refractivity contribution in [2.24, 2.45) is 0 Å². The van der Waals surface area contributed by atoms with E-state index in [0.29, 0.717) is 17.8 Å². The third-order valence-electron chi connectivity index (χ3n) is 6.10. The predicted octanol–water partition coefficient (Wildman–Crippen LogP) is 7.08. The van der Waals surface area contributed by atoms with Gasteiger partial charge in [0, 0.05) is 28.7 Å². The van der Waals surface area contributed by atoms with E-state index in [0.717, 1.165) is 24.4 Å². The minimum Gasteiger partial charge on any atom is -0.350 e. The summed E-state index contributed by atoms with van der Waals surface area (Å²) in [5.74, 6) is -1.41. The highest BCUT2D eigenvalue weighted by molar-refractivity contribution is 6.14. The van der Waals surface area contributed by atoms with E-state index in [2.05, 4.69) is 10.6 Å². The number of anilines is 1. The molecular formula is C27H26F7N3O2. The van der Waals surface area contributed by atoms with E-state index < -0.39 is 35.4 Å². The lowest BCUT2D eigenvalue weighted by Crippen LogP contribution is -2.50. The zero-order valence-corrected chi connectivity index (χ0v) is 21.6. The summed E-state index contributed by atoms with van der Waals surface area (Å²) in [7, 11) is 0. The number of nitrogens with zero attached hydrogens (tertiary/aromatic N) is 1. The standard InChI is InChI=1S/C27H26F7N3O2/c1-14(2)35-23(38)19-7-6-8-21(37-16(4)9-10-17(37)5)22(19)24(39)36-20-12-11-18(13-15(20)3)25(28,26(29,30)31)27(32,33)34/h6-14H,1-5H3,(H,35,38)(H,36,39). The Morgan fingerprint density at radius 1 is 0.795 bits per heavy atom. The quantitative estimate of drug-likeness (QED) is 0.318. The van der Waals surface area contributed by atoms with Crippen LogP contribution in [-0.4, -0.2) is 34.8 Å². The van der Waals surface area contributed by atoms with Crippen LogP contribution in [0.1, 0.15) is 57.1 Å². The molecule has 39 heavy (non-hydrogen) atoms. The van der Waals surface area contributed by atoms with Crippen molar-refractivity contribution in [1.29, 1.82) is 0 Å². The molecule has 210 valence electrons. The van der Waals surface area contributed by atoms with Crippen molar-refractivity contribution in [1.82, 2.24) is 9.88 Å². The van der Waals surface area contributed by atoms with Crippen LogP contribution in [0.15, 0.2) is 48.5 Å². The Balaban J connectivity index is 2.12. The van der Waals surface area contributed by atoms with Crippen LogP contribution >= 0.6 is 0 Å². The molecular weight excluding hydrogens is 531 g/mol. The number of hydrogen-bond donors (Lipinski definition) is 2. The van der Waals surface area contributed by atoms with Crippen LogP contribution < -0.4 is 10.6 Å². The van der Waals surface area contributed by atoms with Crippen LogP contribution in [0.3, 0.4) is 0 Å². The van der Waals surface area contributed by atoms with Crippen molar-refractivity contribution in [2.75, 3.05) is 5.32 Å². The molecule has 2 amide bonds. The first-order valence-electron chi connectivity index (χ1n) is 11.7. The number of alkyl halides is 7. The summed E-state index contributed by atoms with van der Waals surface area (Å²) in [6.45, 7) is 8.13. The molecule has 0 unspecified atom stereocenters. The molecule has 0 bridgehead atoms. The molecule has 2 aromatic carbocycles. The molecule has 2 N–H and O–H groups in total. The largest absolute Gasteiger partial charge is 0.435 e. The molecule has 0 aliphatic carbocycles. The number of carbonyl (C=O) groups excluding carboxylic acids is 2. The van der Waals surface area contributed by atoms with Gasteiger partial charge in [-0.15, -0.1) is 0 Å². The van der Waals surface area contributed by atoms with E-state index in [9.17, 15) is 40.3 Å². The van der Waals surface area contributed by atoms with Gasteiger partial charge in [0.25, 0.3) is 11.8 Å². The van der Waals surface area contributed by atoms with Crippen LogP contribution in [0, 0.1) is 20.8 Å². The van der Waals surface area contributed by atoms with Gasteiger partial charge < -0.3 is 15.2 Å². The number of aromatic nitrogens is 1. The van der Waals surface area contributed by atoms with Crippen LogP contribution in [-0.2, 0) is 5.67 Å². The first kappa shape index (κ1) is 29.7. The second-order valence-corrected chi connectivity index (χ2v) is 9.42. The van der Waals surface area contributed by atoms with Gasteiger partial charge in [-0.3, -0.25) is 9.59 Å². The highest BCUT2D eigenvalue weighted by atomic mass is 19.4. The minimum atomic E-state index is -6.27. The highest BCUT2D eigenvalue weighted by Crippen LogP contribution is 2.53. The Labute approximate surface area is 220 Å². The molecule has 0 saturated heterocycles. The third-order valence-corrected chi connectivity index (χ3v) is 6.10. The Kier molecular flexibility index (Phi) is 7.91. The van der Waals surface area contributed by atoms with Crippen molar-refractivity contribution in [3.63, 3.8) is 0 Å². The number of hydrogen-bond acceptors (Lipinski definition) is 2. The first-order chi connectivity index (χ1) is 17.9. The van der Waals surface area contributed by atoms with Gasteiger partial charge in [0.05, 0.1) is 16.8 Å². The average Bonchev–Trinajstić information content (AvgIpc) is 3.14. The Hall–Kier alpha value is -3.83. The van der Waals surface area contributed by atoms with E-state index in [1.807, 2.05) is 0 Å². The lowest BCUT2D eigenvalue weighted by molar-refractivity contribution is -0.348. The summed E-state index contributed by atoms with van der Waals surface area (Å²) in [5, 5.41) is 5.16. The molecule has 0 spiro atoms. The molecule has 0 saturated carbocycles. The summed E-state index contributed by atoms with van der Waals surface area (Å²) in [6.07, 6.45) is -12.5. The predicted molar refractivity (Wildman–Crippen MR) is 132 cm³/mol. The van der Waals surface area contributed by atoms with Crippen molar-refractivity contribution in [2.45, 2.75) is 58.7 Å². The molecule has 1 aromatic heterocycles. The molecule has 0 fully saturated rings. The van der Waals surface area contributed by atoms with Crippen molar-refractivity contribution >= 4 is 17.5 Å². The number of rotatable bonds is 6. The molecule has 5 nitrogen and oxygen atoms in total. The number of nitrogens with one attached hydrogen (secondary N) is 2. The number of halogens is 7. The molecule has 12 heteroatoms. The number of carbonyl (C=O) groups is 2. The molecule has 0 aliphatic rings. The van der Waals surface area contributed by atoms with E-state index >= 15 is 0 Å². The van der Waals surface area contributed by atoms with Crippen LogP contribution in [0.2, 0.25) is 0 Å². The SMILES string of the molecule is Cc1cc(C(F)(C(F)(F)F)C(F)(F)F)ccc1NC(=O)c1c(C(=O)NC(C)C)cccc1-n1c(C)ccc1C. The normalized spacial score (nSPS) is 12.5. The summed E-state index contributed by atoms with van der Waals surface area (Å²) in [5.41, 5.74) is -5.97. The summed E-state index contributed by atoms with van der Waals surface area (Å²) in [6, 6.07) is 9.39. The lowest BCUT2D eigenvalue weighted by Gasteiger charge is -2.30. The lowest BCUT2D eigenvalue weighted by atomic mass is 9.92. The third kappa shape index (κ3) is 5.50. The van der Waals surface area contributed by atoms with E-state index in [1.54, 1.807) is 56.5 Å². The van der Waals surface area contributed by atoms with Gasteiger partial charge in [0.15, 0.2) is 0 Å². The molecule has 0 radical (unpaired) electrons. The average molecular weight is 558 g/mol. The fraction of sp³-hybridized carbons (Fsp3) is 0.333. The van der Waals surface area contributed by atoms with Gasteiger partial charge in [-0.2, -0.15) is 26.3 Å². The maximum atomic E-state index is 14.5. The van der Waals surface area contributed by atoms with Gasteiger partial charge in [0.2, 0.25) is 0 Å². The molecule has 0 aliphatic heterocycles. The summed E-state index contributed by atoms with van der Waals surface area (Å²) < 4.78 is 95.4. The maximum Gasteiger partial charge on any atom is 0.435 e. The van der Waals surface area contributed by atoms with Gasteiger partial charge in [0.1, 0.15) is 0 Å². The first-order valence-corrected chi connectivity index (χ1v) is 11.7. The van der Waals surface area contributed by atoms with Crippen molar-refractivity contribution in [3.8, 4) is 5.69 Å². The smallest absolute Gasteiger partial charge is 0.350 e. The number of benzene rings is 2. The van der Waals surface area contributed by atoms with E-state index in [4.69, 9.17) is 0 Å². The van der Waals surface area contributed by atoms with E-state index in [1.165, 1.54) is 6.07 Å². The van der Waals surface area contributed by atoms with Crippen molar-refractivity contribution in [3.05, 3.63) is 82.2 Å². The highest BCUT2D eigenvalue weighted by Gasteiger charge is 2.73. The molecule has 1 heterocycles. The molecule has 3 rings (SSSR count). The van der Waals surface area contributed by atoms with E-state index in [-0.39, 0.29) is 28.4 Å². The fourth-order valence-corrected chi connectivity index (χ4v) is 4.23. The zero-order chi connectivity index (χ0) is 29.5. The number of amides is 2. The Bertz CT molecular complexity index is 1370. The second-order valence-electron chi connectivity index (χ2n) is 9.42. The monoisotopic (exact) mass is 557 g/mol. The summed E-state index contributed by atoms with van der Waals surface area (Å²) in [4.78, 5) is 26.6. The maximum absolute atomic E-state index is 14.5. The second kappa shape index (κ2) is 10.4. The van der Waals surface area contributed by atoms with Crippen LogP contribution in [0.25, 0.3) is 5.69 Å². The fourth-order valence-electron chi connectivity index (χ4n) is 4.23. The van der Waals surface area contributed by atoms with Gasteiger partial charge in [-0.1, -0.05) is 18.2 Å². The topological polar surface area (TPSA) is 63.1 Å². The minimum absolute atomic E-state index is 0.00242. The van der Waals surface area contributed by atoms with Gasteiger partial charge >= 0.3 is 18.0 Å². The van der Waals surface area contributed by atoms with Gasteiger partial charge in [-0.25, -0.2) is 4.39 Å². The van der Waals surface area contributed by atoms with Gasteiger partial charge in [-0.05, 0) is 70.5 Å². The zero-order valence-electron chi connectivity index (χ0n) is 21.6. The summed E-state index contributed by atoms with van der Waals surface area (Å²) >= 11 is 0. The van der Waals surface area contributed by atoms with Crippen LogP contribution in [0.4, 0.5) is 36.4 Å². The Morgan fingerprint density at radius 2 is 1.36 bits per heavy atom. The number of aryl methyl sites for hydroxylation is 3. The van der Waals surface area contributed by atoms with Crippen molar-refractivity contribution < 1.29 is 40.3 Å². The molecule has 3 aromatic rings. The molecule has 0 atom stereocenters.